The topological polar surface area (TPSA) is 41.1 Å². The van der Waals surface area contributed by atoms with Crippen molar-refractivity contribution in [2.45, 2.75) is 27.2 Å². The lowest BCUT2D eigenvalue weighted by Crippen LogP contribution is -2.27. The average Bonchev–Trinajstić information content (AvgIpc) is 2.34. The van der Waals surface area contributed by atoms with Crippen molar-refractivity contribution >= 4 is 11.6 Å². The quantitative estimate of drug-likeness (QED) is 0.833. The van der Waals surface area contributed by atoms with Crippen molar-refractivity contribution in [1.82, 2.24) is 5.32 Å². The highest BCUT2D eigenvalue weighted by molar-refractivity contribution is 5.94. The summed E-state index contributed by atoms with van der Waals surface area (Å²) in [6.07, 6.45) is 0.759. The molecule has 0 saturated heterocycles. The zero-order chi connectivity index (χ0) is 14.4. The summed E-state index contributed by atoms with van der Waals surface area (Å²) < 4.78 is 27.4. The molecule has 2 N–H and O–H groups in total. The van der Waals surface area contributed by atoms with Gasteiger partial charge in [-0.25, -0.2) is 8.78 Å². The number of carbonyl (C=O) groups is 1. The van der Waals surface area contributed by atoms with Crippen LogP contribution in [0.3, 0.4) is 0 Å². The van der Waals surface area contributed by atoms with E-state index in [9.17, 15) is 13.6 Å². The maximum atomic E-state index is 13.7. The second-order valence-electron chi connectivity index (χ2n) is 4.85. The Morgan fingerprint density at radius 1 is 1.26 bits per heavy atom. The molecule has 0 saturated carbocycles. The van der Waals surface area contributed by atoms with E-state index in [1.165, 1.54) is 0 Å². The first kappa shape index (κ1) is 15.4. The highest BCUT2D eigenvalue weighted by atomic mass is 19.1. The fourth-order valence-electron chi connectivity index (χ4n) is 1.52. The summed E-state index contributed by atoms with van der Waals surface area (Å²) in [5.41, 5.74) is -0.181. The molecule has 0 aliphatic rings. The van der Waals surface area contributed by atoms with Gasteiger partial charge >= 0.3 is 0 Å². The molecule has 5 heteroatoms. The Morgan fingerprint density at radius 3 is 2.32 bits per heavy atom. The van der Waals surface area contributed by atoms with E-state index < -0.39 is 17.5 Å². The zero-order valence-electron chi connectivity index (χ0n) is 11.5. The summed E-state index contributed by atoms with van der Waals surface area (Å²) in [5, 5.41) is 5.29. The number of amides is 1. The van der Waals surface area contributed by atoms with Gasteiger partial charge in [-0.15, -0.1) is 0 Å². The third-order valence-corrected chi connectivity index (χ3v) is 2.53. The van der Waals surface area contributed by atoms with Gasteiger partial charge in [-0.2, -0.15) is 0 Å². The van der Waals surface area contributed by atoms with Gasteiger partial charge in [0.2, 0.25) is 0 Å². The van der Waals surface area contributed by atoms with E-state index in [2.05, 4.69) is 10.6 Å². The van der Waals surface area contributed by atoms with Crippen LogP contribution in [0.15, 0.2) is 12.1 Å². The Labute approximate surface area is 112 Å². The van der Waals surface area contributed by atoms with Gasteiger partial charge in [0.25, 0.3) is 5.91 Å². The Hall–Kier alpha value is -1.65. The van der Waals surface area contributed by atoms with E-state index in [0.29, 0.717) is 13.1 Å². The molecule has 3 nitrogen and oxygen atoms in total. The Bertz CT molecular complexity index is 424. The van der Waals surface area contributed by atoms with Crippen LogP contribution in [0.1, 0.15) is 37.6 Å². The number of rotatable bonds is 6. The van der Waals surface area contributed by atoms with Gasteiger partial charge in [-0.3, -0.25) is 4.79 Å². The first-order valence-corrected chi connectivity index (χ1v) is 6.46. The minimum Gasteiger partial charge on any atom is -0.380 e. The molecule has 0 fully saturated rings. The van der Waals surface area contributed by atoms with Crippen LogP contribution in [0.4, 0.5) is 14.5 Å². The lowest BCUT2D eigenvalue weighted by Gasteiger charge is -2.11. The summed E-state index contributed by atoms with van der Waals surface area (Å²) >= 11 is 0. The molecule has 1 aromatic rings. The molecule has 0 aromatic heterocycles. The van der Waals surface area contributed by atoms with E-state index in [0.717, 1.165) is 18.6 Å². The monoisotopic (exact) mass is 270 g/mol. The fraction of sp³-hybridized carbons (Fsp3) is 0.500. The molecule has 0 spiro atoms. The van der Waals surface area contributed by atoms with Crippen molar-refractivity contribution in [2.75, 3.05) is 18.4 Å². The number of nitrogens with one attached hydrogen (secondary N) is 2. The number of anilines is 1. The predicted octanol–water partition coefficient (Wildman–Crippen LogP) is 3.17. The van der Waals surface area contributed by atoms with E-state index in [-0.39, 0.29) is 17.2 Å². The summed E-state index contributed by atoms with van der Waals surface area (Å²) in [6, 6.07) is 2.10. The first-order chi connectivity index (χ1) is 8.95. The van der Waals surface area contributed by atoms with Crippen LogP contribution < -0.4 is 10.6 Å². The second-order valence-corrected chi connectivity index (χ2v) is 4.85. The molecule has 1 amide bonds. The van der Waals surface area contributed by atoms with Gasteiger partial charge in [0.1, 0.15) is 17.3 Å². The number of benzene rings is 1. The normalized spacial score (nSPS) is 10.6. The summed E-state index contributed by atoms with van der Waals surface area (Å²) in [6.45, 7) is 6.74. The summed E-state index contributed by atoms with van der Waals surface area (Å²) in [4.78, 5) is 11.7. The minimum absolute atomic E-state index is 0.00213. The van der Waals surface area contributed by atoms with E-state index in [4.69, 9.17) is 0 Å². The van der Waals surface area contributed by atoms with Crippen molar-refractivity contribution < 1.29 is 13.6 Å². The Kier molecular flexibility index (Phi) is 5.73. The molecule has 19 heavy (non-hydrogen) atoms. The predicted molar refractivity (Wildman–Crippen MR) is 72.3 cm³/mol. The van der Waals surface area contributed by atoms with Crippen molar-refractivity contribution in [3.63, 3.8) is 0 Å². The van der Waals surface area contributed by atoms with E-state index in [1.807, 2.05) is 20.8 Å². The van der Waals surface area contributed by atoms with Crippen molar-refractivity contribution in [1.29, 1.82) is 0 Å². The summed E-state index contributed by atoms with van der Waals surface area (Å²) in [5.74, 6) is -1.68. The van der Waals surface area contributed by atoms with Crippen LogP contribution >= 0.6 is 0 Å². The van der Waals surface area contributed by atoms with Crippen LogP contribution in [-0.4, -0.2) is 19.0 Å². The number of carbonyl (C=O) groups excluding carboxylic acids is 1. The number of hydrogen-bond acceptors (Lipinski definition) is 2. The van der Waals surface area contributed by atoms with Gasteiger partial charge < -0.3 is 10.6 Å². The average molecular weight is 270 g/mol. The van der Waals surface area contributed by atoms with Gasteiger partial charge in [-0.05, 0) is 24.5 Å². The van der Waals surface area contributed by atoms with Crippen LogP contribution in [-0.2, 0) is 0 Å². The van der Waals surface area contributed by atoms with E-state index >= 15 is 0 Å². The SMILES string of the molecule is CCCNc1c(F)cc(C(=O)NCC(C)C)cc1F. The molecular formula is C14H20F2N2O. The molecular weight excluding hydrogens is 250 g/mol. The highest BCUT2D eigenvalue weighted by Gasteiger charge is 2.14. The van der Waals surface area contributed by atoms with Gasteiger partial charge in [-0.1, -0.05) is 20.8 Å². The molecule has 0 heterocycles. The number of halogens is 2. The molecule has 0 aliphatic carbocycles. The zero-order valence-corrected chi connectivity index (χ0v) is 11.5. The molecule has 106 valence electrons. The third-order valence-electron chi connectivity index (χ3n) is 2.53. The molecule has 0 unspecified atom stereocenters. The van der Waals surface area contributed by atoms with Crippen LogP contribution in [0.5, 0.6) is 0 Å². The minimum atomic E-state index is -0.747. The van der Waals surface area contributed by atoms with Crippen molar-refractivity contribution in [3.8, 4) is 0 Å². The standard InChI is InChI=1S/C14H20F2N2O/c1-4-5-17-13-11(15)6-10(7-12(13)16)14(19)18-8-9(2)3/h6-7,9,17H,4-5,8H2,1-3H3,(H,18,19). The van der Waals surface area contributed by atoms with Crippen molar-refractivity contribution in [3.05, 3.63) is 29.3 Å². The van der Waals surface area contributed by atoms with E-state index in [1.54, 1.807) is 0 Å². The van der Waals surface area contributed by atoms with Crippen LogP contribution in [0.2, 0.25) is 0 Å². The van der Waals surface area contributed by atoms with Gasteiger partial charge in [0, 0.05) is 18.7 Å². The highest BCUT2D eigenvalue weighted by Crippen LogP contribution is 2.20. The molecule has 0 aliphatic heterocycles. The molecule has 0 radical (unpaired) electrons. The largest absolute Gasteiger partial charge is 0.380 e. The van der Waals surface area contributed by atoms with Crippen LogP contribution in [0, 0.1) is 17.6 Å². The lowest BCUT2D eigenvalue weighted by atomic mass is 10.1. The smallest absolute Gasteiger partial charge is 0.251 e. The maximum Gasteiger partial charge on any atom is 0.251 e. The van der Waals surface area contributed by atoms with Gasteiger partial charge in [0.15, 0.2) is 0 Å². The number of hydrogen-bond donors (Lipinski definition) is 2. The Morgan fingerprint density at radius 2 is 1.84 bits per heavy atom. The fourth-order valence-corrected chi connectivity index (χ4v) is 1.52. The molecule has 1 aromatic carbocycles. The lowest BCUT2D eigenvalue weighted by molar-refractivity contribution is 0.0948. The third kappa shape index (κ3) is 4.50. The van der Waals surface area contributed by atoms with Crippen molar-refractivity contribution in [2.24, 2.45) is 5.92 Å². The summed E-state index contributed by atoms with van der Waals surface area (Å²) in [7, 11) is 0. The Balaban J connectivity index is 2.84. The van der Waals surface area contributed by atoms with Crippen LogP contribution in [0.25, 0.3) is 0 Å². The second kappa shape index (κ2) is 7.07. The molecule has 1 rings (SSSR count). The maximum absolute atomic E-state index is 13.7. The molecule has 0 bridgehead atoms. The molecule has 0 atom stereocenters. The first-order valence-electron chi connectivity index (χ1n) is 6.46. The van der Waals surface area contributed by atoms with Gasteiger partial charge in [0.05, 0.1) is 0 Å².